The Bertz CT molecular complexity index is 714. The fourth-order valence-electron chi connectivity index (χ4n) is 2.71. The number of hydrogen-bond donors (Lipinski definition) is 1. The van der Waals surface area contributed by atoms with Gasteiger partial charge in [0, 0.05) is 25.4 Å². The molecule has 0 aliphatic carbocycles. The topological polar surface area (TPSA) is 74.6 Å². The monoisotopic (exact) mass is 331 g/mol. The van der Waals surface area contributed by atoms with E-state index in [1.165, 1.54) is 7.11 Å². The van der Waals surface area contributed by atoms with Crippen LogP contribution in [0.25, 0.3) is 11.3 Å². The molecule has 1 amide bonds. The van der Waals surface area contributed by atoms with Crippen LogP contribution >= 0.6 is 0 Å². The number of amides is 1. The zero-order chi connectivity index (χ0) is 16.9. The lowest BCUT2D eigenvalue weighted by molar-refractivity contribution is -0.125. The lowest BCUT2D eigenvalue weighted by atomic mass is 10.1. The summed E-state index contributed by atoms with van der Waals surface area (Å²) in [6.45, 7) is 1.56. The molecule has 24 heavy (non-hydrogen) atoms. The quantitative estimate of drug-likeness (QED) is 0.861. The van der Waals surface area contributed by atoms with E-state index in [4.69, 9.17) is 14.2 Å². The molecule has 0 radical (unpaired) electrons. The van der Waals surface area contributed by atoms with Crippen LogP contribution < -0.4 is 10.1 Å². The maximum absolute atomic E-state index is 11.5. The summed E-state index contributed by atoms with van der Waals surface area (Å²) in [7, 11) is 3.14. The minimum atomic E-state index is -0.146. The molecule has 1 aliphatic heterocycles. The molecule has 0 fully saturated rings. The zero-order valence-corrected chi connectivity index (χ0v) is 13.8. The molecule has 128 valence electrons. The maximum atomic E-state index is 11.5. The number of ether oxygens (including phenoxy) is 3. The molecule has 2 heterocycles. The summed E-state index contributed by atoms with van der Waals surface area (Å²) >= 11 is 0. The van der Waals surface area contributed by atoms with E-state index in [0.717, 1.165) is 22.8 Å². The average molecular weight is 331 g/mol. The molecule has 1 unspecified atom stereocenters. The first-order valence-electron chi connectivity index (χ1n) is 7.78. The van der Waals surface area contributed by atoms with Gasteiger partial charge in [-0.25, -0.2) is 4.98 Å². The van der Waals surface area contributed by atoms with Crippen molar-refractivity contribution in [1.29, 1.82) is 0 Å². The molecule has 1 aliphatic rings. The molecule has 7 heteroatoms. The van der Waals surface area contributed by atoms with Crippen molar-refractivity contribution in [2.24, 2.45) is 0 Å². The third kappa shape index (κ3) is 3.58. The van der Waals surface area contributed by atoms with Crippen molar-refractivity contribution < 1.29 is 19.0 Å². The molecule has 0 saturated heterocycles. The first-order chi connectivity index (χ1) is 11.7. The Morgan fingerprint density at radius 2 is 2.25 bits per heavy atom. The smallest absolute Gasteiger partial charge is 0.246 e. The maximum Gasteiger partial charge on any atom is 0.246 e. The molecular weight excluding hydrogens is 310 g/mol. The Kier molecular flexibility index (Phi) is 5.12. The van der Waals surface area contributed by atoms with Crippen molar-refractivity contribution in [2.75, 3.05) is 27.4 Å². The number of nitrogens with one attached hydrogen (secondary N) is 1. The van der Waals surface area contributed by atoms with Crippen LogP contribution in [0.3, 0.4) is 0 Å². The van der Waals surface area contributed by atoms with Gasteiger partial charge >= 0.3 is 0 Å². The average Bonchev–Trinajstić information content (AvgIpc) is 3.03. The second-order valence-corrected chi connectivity index (χ2v) is 5.57. The van der Waals surface area contributed by atoms with Gasteiger partial charge < -0.3 is 24.1 Å². The van der Waals surface area contributed by atoms with Gasteiger partial charge in [0.2, 0.25) is 5.91 Å². The summed E-state index contributed by atoms with van der Waals surface area (Å²) in [5, 5.41) is 2.80. The van der Waals surface area contributed by atoms with Crippen molar-refractivity contribution in [3.05, 3.63) is 36.3 Å². The van der Waals surface area contributed by atoms with Crippen LogP contribution in [0.2, 0.25) is 0 Å². The summed E-state index contributed by atoms with van der Waals surface area (Å²) in [5.41, 5.74) is 1.81. The standard InChI is InChI=1S/C17H21N3O4/c1-22-11-17(21)18-7-12-8-20-9-14(19-16(20)10-24-12)13-5-3-4-6-15(13)23-2/h3-6,9,12H,7-8,10-11H2,1-2H3,(H,18,21). The number of carbonyl (C=O) groups is 1. The number of imidazole rings is 1. The Morgan fingerprint density at radius 1 is 1.42 bits per heavy atom. The van der Waals surface area contributed by atoms with Gasteiger partial charge in [-0.1, -0.05) is 12.1 Å². The second-order valence-electron chi connectivity index (χ2n) is 5.57. The van der Waals surface area contributed by atoms with E-state index in [1.54, 1.807) is 7.11 Å². The van der Waals surface area contributed by atoms with Gasteiger partial charge in [-0.15, -0.1) is 0 Å². The molecule has 1 N–H and O–H groups in total. The van der Waals surface area contributed by atoms with Gasteiger partial charge in [-0.2, -0.15) is 0 Å². The van der Waals surface area contributed by atoms with E-state index in [1.807, 2.05) is 30.5 Å². The first-order valence-corrected chi connectivity index (χ1v) is 7.78. The summed E-state index contributed by atoms with van der Waals surface area (Å²) in [6, 6.07) is 7.79. The molecule has 0 bridgehead atoms. The van der Waals surface area contributed by atoms with Crippen molar-refractivity contribution >= 4 is 5.91 Å². The highest BCUT2D eigenvalue weighted by Crippen LogP contribution is 2.29. The van der Waals surface area contributed by atoms with Crippen LogP contribution in [-0.4, -0.2) is 48.9 Å². The number of para-hydroxylation sites is 1. The lowest BCUT2D eigenvalue weighted by Crippen LogP contribution is -2.39. The fourth-order valence-corrected chi connectivity index (χ4v) is 2.71. The van der Waals surface area contributed by atoms with Crippen molar-refractivity contribution in [3.63, 3.8) is 0 Å². The molecule has 1 aromatic heterocycles. The third-order valence-electron chi connectivity index (χ3n) is 3.89. The Balaban J connectivity index is 1.70. The molecule has 1 aromatic carbocycles. The van der Waals surface area contributed by atoms with Crippen LogP contribution in [-0.2, 0) is 27.4 Å². The van der Waals surface area contributed by atoms with E-state index in [-0.39, 0.29) is 18.6 Å². The number of carbonyl (C=O) groups excluding carboxylic acids is 1. The number of hydrogen-bond acceptors (Lipinski definition) is 5. The van der Waals surface area contributed by atoms with Gasteiger partial charge in [0.1, 0.15) is 24.8 Å². The molecule has 0 saturated carbocycles. The summed E-state index contributed by atoms with van der Waals surface area (Å²) in [6.07, 6.45) is 1.91. The second kappa shape index (κ2) is 7.46. The minimum absolute atomic E-state index is 0.0565. The van der Waals surface area contributed by atoms with Gasteiger partial charge in [0.25, 0.3) is 0 Å². The molecule has 1 atom stereocenters. The number of aromatic nitrogens is 2. The van der Waals surface area contributed by atoms with Crippen LogP contribution in [0, 0.1) is 0 Å². The zero-order valence-electron chi connectivity index (χ0n) is 13.8. The highest BCUT2D eigenvalue weighted by atomic mass is 16.5. The molecule has 3 rings (SSSR count). The van der Waals surface area contributed by atoms with Crippen LogP contribution in [0.5, 0.6) is 5.75 Å². The highest BCUT2D eigenvalue weighted by molar-refractivity contribution is 5.77. The van der Waals surface area contributed by atoms with Crippen LogP contribution in [0.4, 0.5) is 0 Å². The SMILES string of the molecule is COCC(=O)NCC1Cn2cc(-c3ccccc3OC)nc2CO1. The first kappa shape index (κ1) is 16.5. The Labute approximate surface area is 140 Å². The number of benzene rings is 1. The van der Waals surface area contributed by atoms with E-state index in [2.05, 4.69) is 14.9 Å². The number of methoxy groups -OCH3 is 2. The van der Waals surface area contributed by atoms with Crippen molar-refractivity contribution in [3.8, 4) is 17.0 Å². The Hall–Kier alpha value is -2.38. The predicted octanol–water partition coefficient (Wildman–Crippen LogP) is 1.22. The molecular formula is C17H21N3O4. The summed E-state index contributed by atoms with van der Waals surface area (Å²) < 4.78 is 18.0. The fraction of sp³-hybridized carbons (Fsp3) is 0.412. The van der Waals surface area contributed by atoms with Crippen LogP contribution in [0.15, 0.2) is 30.5 Å². The van der Waals surface area contributed by atoms with Gasteiger partial charge in [0.05, 0.1) is 25.5 Å². The van der Waals surface area contributed by atoms with E-state index in [9.17, 15) is 4.79 Å². The molecule has 0 spiro atoms. The normalized spacial score (nSPS) is 16.5. The van der Waals surface area contributed by atoms with Gasteiger partial charge in [0.15, 0.2) is 0 Å². The third-order valence-corrected chi connectivity index (χ3v) is 3.89. The van der Waals surface area contributed by atoms with E-state index >= 15 is 0 Å². The van der Waals surface area contributed by atoms with Gasteiger partial charge in [-0.3, -0.25) is 4.79 Å². The Morgan fingerprint density at radius 3 is 3.04 bits per heavy atom. The molecule has 2 aromatic rings. The van der Waals surface area contributed by atoms with Crippen LogP contribution in [0.1, 0.15) is 5.82 Å². The summed E-state index contributed by atoms with van der Waals surface area (Å²) in [4.78, 5) is 16.1. The van der Waals surface area contributed by atoms with E-state index < -0.39 is 0 Å². The number of fused-ring (bicyclic) bond motifs is 1. The number of rotatable bonds is 6. The predicted molar refractivity (Wildman–Crippen MR) is 87.7 cm³/mol. The lowest BCUT2D eigenvalue weighted by Gasteiger charge is -2.24. The number of nitrogens with zero attached hydrogens (tertiary/aromatic N) is 2. The largest absolute Gasteiger partial charge is 0.496 e. The van der Waals surface area contributed by atoms with Crippen molar-refractivity contribution in [2.45, 2.75) is 19.3 Å². The summed E-state index contributed by atoms with van der Waals surface area (Å²) in [5.74, 6) is 1.51. The minimum Gasteiger partial charge on any atom is -0.496 e. The van der Waals surface area contributed by atoms with Crippen molar-refractivity contribution in [1.82, 2.24) is 14.9 Å². The van der Waals surface area contributed by atoms with E-state index in [0.29, 0.717) is 19.7 Å². The molecule has 7 nitrogen and oxygen atoms in total. The highest BCUT2D eigenvalue weighted by Gasteiger charge is 2.22. The van der Waals surface area contributed by atoms with Gasteiger partial charge in [-0.05, 0) is 12.1 Å².